The smallest absolute Gasteiger partial charge is 0.246 e. The molecular formula is C5H12N4O2S2. The first kappa shape index (κ1) is 12.6. The van der Waals surface area contributed by atoms with Gasteiger partial charge in [0.2, 0.25) is 11.8 Å². The van der Waals surface area contributed by atoms with Gasteiger partial charge in [0.15, 0.2) is 0 Å². The molecule has 2 amide bonds. The second-order valence-corrected chi connectivity index (χ2v) is 3.53. The Morgan fingerprint density at radius 3 is 1.62 bits per heavy atom. The SMILES string of the molecule is NNC(=O)C(S)CC(S)C(=O)NN. The van der Waals surface area contributed by atoms with Crippen LogP contribution >= 0.6 is 25.3 Å². The summed E-state index contributed by atoms with van der Waals surface area (Å²) < 4.78 is 0. The van der Waals surface area contributed by atoms with Crippen LogP contribution in [-0.2, 0) is 9.59 Å². The van der Waals surface area contributed by atoms with E-state index in [0.717, 1.165) is 0 Å². The molecule has 0 saturated heterocycles. The van der Waals surface area contributed by atoms with E-state index in [9.17, 15) is 9.59 Å². The minimum absolute atomic E-state index is 0.151. The molecule has 0 aromatic rings. The molecule has 76 valence electrons. The van der Waals surface area contributed by atoms with Gasteiger partial charge in [-0.05, 0) is 6.42 Å². The van der Waals surface area contributed by atoms with Crippen molar-refractivity contribution < 1.29 is 9.59 Å². The first-order valence-corrected chi connectivity index (χ1v) is 4.43. The third-order valence-electron chi connectivity index (χ3n) is 1.34. The maximum Gasteiger partial charge on any atom is 0.246 e. The minimum Gasteiger partial charge on any atom is -0.293 e. The highest BCUT2D eigenvalue weighted by Gasteiger charge is 2.21. The highest BCUT2D eigenvalue weighted by Crippen LogP contribution is 2.10. The molecule has 0 aliphatic heterocycles. The Bertz CT molecular complexity index is 181. The largest absolute Gasteiger partial charge is 0.293 e. The number of hydrogen-bond acceptors (Lipinski definition) is 6. The standard InChI is InChI=1S/C5H12N4O2S2/c6-8-4(10)2(12)1-3(13)5(11)9-7/h2-3,12-13H,1,6-7H2,(H,8,10)(H,9,11). The van der Waals surface area contributed by atoms with E-state index in [1.54, 1.807) is 0 Å². The van der Waals surface area contributed by atoms with Crippen molar-refractivity contribution in [1.82, 2.24) is 10.9 Å². The minimum atomic E-state index is -0.676. The van der Waals surface area contributed by atoms with Crippen LogP contribution in [0.1, 0.15) is 6.42 Å². The summed E-state index contributed by atoms with van der Waals surface area (Å²) in [5.41, 5.74) is 3.83. The predicted octanol–water partition coefficient (Wildman–Crippen LogP) is -2.05. The summed E-state index contributed by atoms with van der Waals surface area (Å²) in [6, 6.07) is 0. The molecule has 6 N–H and O–H groups in total. The Kier molecular flexibility index (Phi) is 5.88. The zero-order chi connectivity index (χ0) is 10.4. The fourth-order valence-corrected chi connectivity index (χ4v) is 1.35. The van der Waals surface area contributed by atoms with E-state index >= 15 is 0 Å². The molecule has 0 aliphatic carbocycles. The zero-order valence-electron chi connectivity index (χ0n) is 6.73. The van der Waals surface area contributed by atoms with Gasteiger partial charge in [-0.15, -0.1) is 0 Å². The monoisotopic (exact) mass is 224 g/mol. The van der Waals surface area contributed by atoms with Gasteiger partial charge in [-0.3, -0.25) is 20.4 Å². The van der Waals surface area contributed by atoms with Crippen molar-refractivity contribution in [1.29, 1.82) is 0 Å². The summed E-state index contributed by atoms with van der Waals surface area (Å²) in [5.74, 6) is 8.79. The maximum absolute atomic E-state index is 10.8. The molecule has 2 atom stereocenters. The molecule has 0 fully saturated rings. The molecule has 0 aromatic heterocycles. The van der Waals surface area contributed by atoms with Crippen molar-refractivity contribution in [2.45, 2.75) is 16.9 Å². The average Bonchev–Trinajstić information content (AvgIpc) is 2.14. The first-order chi connectivity index (χ1) is 6.02. The van der Waals surface area contributed by atoms with Crippen LogP contribution in [0.3, 0.4) is 0 Å². The molecule has 0 heterocycles. The Hall–Kier alpha value is -0.440. The van der Waals surface area contributed by atoms with E-state index in [2.05, 4.69) is 25.3 Å². The molecule has 0 spiro atoms. The second-order valence-electron chi connectivity index (χ2n) is 2.28. The van der Waals surface area contributed by atoms with E-state index in [4.69, 9.17) is 11.7 Å². The molecule has 8 heteroatoms. The van der Waals surface area contributed by atoms with Crippen LogP contribution in [0.2, 0.25) is 0 Å². The zero-order valence-corrected chi connectivity index (χ0v) is 8.52. The number of hydrazine groups is 2. The van der Waals surface area contributed by atoms with Crippen molar-refractivity contribution in [3.63, 3.8) is 0 Å². The molecule has 0 aliphatic rings. The number of carbonyl (C=O) groups excluding carboxylic acids is 2. The normalized spacial score (nSPS) is 14.5. The number of rotatable bonds is 4. The van der Waals surface area contributed by atoms with Crippen LogP contribution in [0.25, 0.3) is 0 Å². The lowest BCUT2D eigenvalue weighted by Gasteiger charge is -2.12. The quantitative estimate of drug-likeness (QED) is 0.143. The summed E-state index contributed by atoms with van der Waals surface area (Å²) in [6.07, 6.45) is 0.151. The van der Waals surface area contributed by atoms with Gasteiger partial charge in [0, 0.05) is 0 Å². The van der Waals surface area contributed by atoms with Crippen LogP contribution in [0.5, 0.6) is 0 Å². The van der Waals surface area contributed by atoms with Gasteiger partial charge in [0.25, 0.3) is 0 Å². The van der Waals surface area contributed by atoms with Crippen molar-refractivity contribution >= 4 is 37.1 Å². The van der Waals surface area contributed by atoms with Crippen LogP contribution in [-0.4, -0.2) is 22.3 Å². The van der Waals surface area contributed by atoms with Gasteiger partial charge in [-0.2, -0.15) is 25.3 Å². The molecule has 0 bridgehead atoms. The lowest BCUT2D eigenvalue weighted by atomic mass is 10.2. The molecule has 0 saturated carbocycles. The van der Waals surface area contributed by atoms with Crippen molar-refractivity contribution in [3.8, 4) is 0 Å². The van der Waals surface area contributed by atoms with Crippen molar-refractivity contribution in [2.75, 3.05) is 0 Å². The average molecular weight is 224 g/mol. The number of hydrogen-bond donors (Lipinski definition) is 6. The molecular weight excluding hydrogens is 212 g/mol. The Labute approximate surface area is 86.6 Å². The van der Waals surface area contributed by atoms with Gasteiger partial charge in [-0.25, -0.2) is 11.7 Å². The highest BCUT2D eigenvalue weighted by molar-refractivity contribution is 7.82. The summed E-state index contributed by atoms with van der Waals surface area (Å²) in [7, 11) is 0. The van der Waals surface area contributed by atoms with Crippen molar-refractivity contribution in [2.24, 2.45) is 11.7 Å². The van der Waals surface area contributed by atoms with Crippen LogP contribution < -0.4 is 22.5 Å². The van der Waals surface area contributed by atoms with E-state index in [1.165, 1.54) is 0 Å². The Morgan fingerprint density at radius 1 is 1.08 bits per heavy atom. The van der Waals surface area contributed by atoms with Gasteiger partial charge < -0.3 is 0 Å². The van der Waals surface area contributed by atoms with Gasteiger partial charge in [0.1, 0.15) is 0 Å². The van der Waals surface area contributed by atoms with Crippen LogP contribution in [0, 0.1) is 0 Å². The topological polar surface area (TPSA) is 110 Å². The molecule has 13 heavy (non-hydrogen) atoms. The number of thiol groups is 2. The summed E-state index contributed by atoms with van der Waals surface area (Å²) in [4.78, 5) is 21.7. The van der Waals surface area contributed by atoms with E-state index in [-0.39, 0.29) is 6.42 Å². The van der Waals surface area contributed by atoms with Crippen LogP contribution in [0.15, 0.2) is 0 Å². The fourth-order valence-electron chi connectivity index (χ4n) is 0.618. The molecule has 6 nitrogen and oxygen atoms in total. The molecule has 0 aromatic carbocycles. The Morgan fingerprint density at radius 2 is 1.38 bits per heavy atom. The highest BCUT2D eigenvalue weighted by atomic mass is 32.1. The van der Waals surface area contributed by atoms with Gasteiger partial charge in [0.05, 0.1) is 10.5 Å². The first-order valence-electron chi connectivity index (χ1n) is 3.40. The lowest BCUT2D eigenvalue weighted by Crippen LogP contribution is -2.41. The van der Waals surface area contributed by atoms with Crippen LogP contribution in [0.4, 0.5) is 0 Å². The number of nitrogens with one attached hydrogen (secondary N) is 2. The van der Waals surface area contributed by atoms with Crippen molar-refractivity contribution in [3.05, 3.63) is 0 Å². The fraction of sp³-hybridized carbons (Fsp3) is 0.600. The lowest BCUT2D eigenvalue weighted by molar-refractivity contribution is -0.121. The van der Waals surface area contributed by atoms with Gasteiger partial charge >= 0.3 is 0 Å². The number of carbonyl (C=O) groups is 2. The maximum atomic E-state index is 10.8. The van der Waals surface area contributed by atoms with E-state index < -0.39 is 22.3 Å². The number of amides is 2. The summed E-state index contributed by atoms with van der Waals surface area (Å²) >= 11 is 7.83. The molecule has 0 rings (SSSR count). The number of nitrogens with two attached hydrogens (primary N) is 2. The second kappa shape index (κ2) is 6.08. The van der Waals surface area contributed by atoms with E-state index in [0.29, 0.717) is 0 Å². The Balaban J connectivity index is 3.98. The third-order valence-corrected chi connectivity index (χ3v) is 2.23. The third kappa shape index (κ3) is 4.36. The summed E-state index contributed by atoms with van der Waals surface area (Å²) in [6.45, 7) is 0. The summed E-state index contributed by atoms with van der Waals surface area (Å²) in [5, 5.41) is -1.35. The van der Waals surface area contributed by atoms with E-state index in [1.807, 2.05) is 10.9 Å². The molecule has 2 unspecified atom stereocenters. The predicted molar refractivity (Wildman–Crippen MR) is 54.8 cm³/mol. The van der Waals surface area contributed by atoms with Gasteiger partial charge in [-0.1, -0.05) is 0 Å². The molecule has 0 radical (unpaired) electrons.